The highest BCUT2D eigenvalue weighted by Crippen LogP contribution is 2.18. The van der Waals surface area contributed by atoms with Crippen LogP contribution in [-0.4, -0.2) is 40.3 Å². The molecule has 2 aromatic rings. The van der Waals surface area contributed by atoms with Crippen LogP contribution in [0.2, 0.25) is 0 Å². The van der Waals surface area contributed by atoms with Crippen molar-refractivity contribution in [1.82, 2.24) is 20.0 Å². The van der Waals surface area contributed by atoms with Crippen LogP contribution in [0.3, 0.4) is 0 Å². The first kappa shape index (κ1) is 18.8. The molecule has 1 aromatic heterocycles. The van der Waals surface area contributed by atoms with Crippen molar-refractivity contribution in [3.63, 3.8) is 0 Å². The minimum atomic E-state index is 0. The molecular formula is C18H26IN5. The molecule has 5 nitrogen and oxygen atoms in total. The number of rotatable bonds is 4. The van der Waals surface area contributed by atoms with Gasteiger partial charge in [-0.3, -0.25) is 9.67 Å². The molecule has 6 heteroatoms. The van der Waals surface area contributed by atoms with Crippen LogP contribution in [-0.2, 0) is 26.4 Å². The van der Waals surface area contributed by atoms with E-state index in [2.05, 4.69) is 52.7 Å². The Bertz CT molecular complexity index is 680. The number of hydrogen-bond acceptors (Lipinski definition) is 2. The summed E-state index contributed by atoms with van der Waals surface area (Å²) in [5, 5.41) is 7.64. The Labute approximate surface area is 161 Å². The summed E-state index contributed by atoms with van der Waals surface area (Å²) >= 11 is 0. The first-order valence-corrected chi connectivity index (χ1v) is 8.34. The number of hydrogen-bond donors (Lipinski definition) is 1. The van der Waals surface area contributed by atoms with E-state index in [1.54, 1.807) is 0 Å². The standard InChI is InChI=1S/C18H25N5.HI/c1-3-19-18(20-10-8-15-12-21-22(2)13-15)23-11-9-16-6-4-5-7-17(16)14-23;/h4-7,12-13H,3,8-11,14H2,1-2H3,(H,19,20);1H. The van der Waals surface area contributed by atoms with Crippen LogP contribution in [0.1, 0.15) is 23.6 Å². The second-order valence-corrected chi connectivity index (χ2v) is 5.95. The summed E-state index contributed by atoms with van der Waals surface area (Å²) in [6.45, 7) is 5.76. The van der Waals surface area contributed by atoms with Crippen LogP contribution >= 0.6 is 24.0 Å². The summed E-state index contributed by atoms with van der Waals surface area (Å²) < 4.78 is 1.84. The van der Waals surface area contributed by atoms with Crippen LogP contribution in [0.4, 0.5) is 0 Å². The molecule has 0 atom stereocenters. The number of guanidine groups is 1. The van der Waals surface area contributed by atoms with Gasteiger partial charge in [0.05, 0.1) is 6.20 Å². The monoisotopic (exact) mass is 439 g/mol. The number of benzene rings is 1. The Morgan fingerprint density at radius 3 is 2.79 bits per heavy atom. The molecule has 2 heterocycles. The Kier molecular flexibility index (Phi) is 7.08. The quantitative estimate of drug-likeness (QED) is 0.453. The highest BCUT2D eigenvalue weighted by Gasteiger charge is 2.18. The maximum Gasteiger partial charge on any atom is 0.194 e. The third kappa shape index (κ3) is 4.72. The highest BCUT2D eigenvalue weighted by molar-refractivity contribution is 14.0. The summed E-state index contributed by atoms with van der Waals surface area (Å²) in [4.78, 5) is 7.17. The Hall–Kier alpha value is -1.57. The summed E-state index contributed by atoms with van der Waals surface area (Å²) in [5.41, 5.74) is 4.11. The molecule has 0 amide bonds. The van der Waals surface area contributed by atoms with Gasteiger partial charge in [0, 0.05) is 39.4 Å². The zero-order chi connectivity index (χ0) is 16.1. The molecule has 130 valence electrons. The normalized spacial score (nSPS) is 14.1. The average Bonchev–Trinajstić information content (AvgIpc) is 2.99. The molecule has 1 aromatic carbocycles. The maximum absolute atomic E-state index is 4.81. The lowest BCUT2D eigenvalue weighted by molar-refractivity contribution is 0.379. The van der Waals surface area contributed by atoms with E-state index in [0.717, 1.165) is 45.0 Å². The lowest BCUT2D eigenvalue weighted by Crippen LogP contribution is -2.44. The number of aryl methyl sites for hydroxylation is 1. The van der Waals surface area contributed by atoms with Crippen LogP contribution in [0, 0.1) is 0 Å². The smallest absolute Gasteiger partial charge is 0.194 e. The van der Waals surface area contributed by atoms with Gasteiger partial charge in [-0.2, -0.15) is 5.10 Å². The predicted octanol–water partition coefficient (Wildman–Crippen LogP) is 2.60. The van der Waals surface area contributed by atoms with Crippen molar-refractivity contribution < 1.29 is 0 Å². The minimum Gasteiger partial charge on any atom is -0.357 e. The first-order chi connectivity index (χ1) is 11.3. The summed E-state index contributed by atoms with van der Waals surface area (Å²) in [6, 6.07) is 8.70. The van der Waals surface area contributed by atoms with Gasteiger partial charge in [-0.1, -0.05) is 24.3 Å². The fourth-order valence-electron chi connectivity index (χ4n) is 2.99. The zero-order valence-corrected chi connectivity index (χ0v) is 16.7. The number of nitrogens with zero attached hydrogens (tertiary/aromatic N) is 4. The fraction of sp³-hybridized carbons (Fsp3) is 0.444. The molecule has 0 fully saturated rings. The Morgan fingerprint density at radius 2 is 2.08 bits per heavy atom. The third-order valence-electron chi connectivity index (χ3n) is 4.19. The van der Waals surface area contributed by atoms with Crippen molar-refractivity contribution in [2.24, 2.45) is 12.0 Å². The molecule has 0 aliphatic carbocycles. The van der Waals surface area contributed by atoms with E-state index in [1.165, 1.54) is 16.7 Å². The molecule has 0 bridgehead atoms. The van der Waals surface area contributed by atoms with E-state index in [9.17, 15) is 0 Å². The zero-order valence-electron chi connectivity index (χ0n) is 14.4. The lowest BCUT2D eigenvalue weighted by Gasteiger charge is -2.31. The third-order valence-corrected chi connectivity index (χ3v) is 4.19. The van der Waals surface area contributed by atoms with E-state index < -0.39 is 0 Å². The number of aromatic nitrogens is 2. The summed E-state index contributed by atoms with van der Waals surface area (Å²) in [7, 11) is 1.95. The molecule has 24 heavy (non-hydrogen) atoms. The molecule has 0 spiro atoms. The maximum atomic E-state index is 4.81. The first-order valence-electron chi connectivity index (χ1n) is 8.34. The fourth-order valence-corrected chi connectivity index (χ4v) is 2.99. The summed E-state index contributed by atoms with van der Waals surface area (Å²) in [5.74, 6) is 1.02. The topological polar surface area (TPSA) is 45.5 Å². The van der Waals surface area contributed by atoms with Gasteiger partial charge in [0.15, 0.2) is 5.96 Å². The molecule has 1 aliphatic rings. The SMILES string of the molecule is CCNC(=NCCc1cnn(C)c1)N1CCc2ccccc2C1.I. The highest BCUT2D eigenvalue weighted by atomic mass is 127. The number of nitrogens with one attached hydrogen (secondary N) is 1. The second-order valence-electron chi connectivity index (χ2n) is 5.95. The molecule has 0 radical (unpaired) electrons. The van der Waals surface area contributed by atoms with Gasteiger partial charge < -0.3 is 10.2 Å². The van der Waals surface area contributed by atoms with Crippen molar-refractivity contribution >= 4 is 29.9 Å². The van der Waals surface area contributed by atoms with Crippen LogP contribution in [0.25, 0.3) is 0 Å². The van der Waals surface area contributed by atoms with Gasteiger partial charge in [0.1, 0.15) is 0 Å². The van der Waals surface area contributed by atoms with Crippen LogP contribution < -0.4 is 5.32 Å². The van der Waals surface area contributed by atoms with E-state index in [0.29, 0.717) is 0 Å². The van der Waals surface area contributed by atoms with E-state index in [4.69, 9.17) is 4.99 Å². The molecule has 1 aliphatic heterocycles. The van der Waals surface area contributed by atoms with Gasteiger partial charge >= 0.3 is 0 Å². The number of fused-ring (bicyclic) bond motifs is 1. The van der Waals surface area contributed by atoms with Crippen molar-refractivity contribution in [1.29, 1.82) is 0 Å². The van der Waals surface area contributed by atoms with E-state index in [1.807, 2.05) is 17.9 Å². The van der Waals surface area contributed by atoms with E-state index >= 15 is 0 Å². The van der Waals surface area contributed by atoms with Gasteiger partial charge in [0.25, 0.3) is 0 Å². The molecular weight excluding hydrogens is 413 g/mol. The molecule has 0 saturated heterocycles. The van der Waals surface area contributed by atoms with Crippen molar-refractivity contribution in [2.75, 3.05) is 19.6 Å². The Morgan fingerprint density at radius 1 is 1.29 bits per heavy atom. The summed E-state index contributed by atoms with van der Waals surface area (Å²) in [6.07, 6.45) is 5.98. The van der Waals surface area contributed by atoms with Crippen molar-refractivity contribution in [3.8, 4) is 0 Å². The molecule has 1 N–H and O–H groups in total. The largest absolute Gasteiger partial charge is 0.357 e. The predicted molar refractivity (Wildman–Crippen MR) is 109 cm³/mol. The number of halogens is 1. The number of aliphatic imine (C=N–C) groups is 1. The van der Waals surface area contributed by atoms with Crippen LogP contribution in [0.5, 0.6) is 0 Å². The van der Waals surface area contributed by atoms with Crippen molar-refractivity contribution in [3.05, 3.63) is 53.3 Å². The van der Waals surface area contributed by atoms with Crippen molar-refractivity contribution in [2.45, 2.75) is 26.3 Å². The molecule has 0 unspecified atom stereocenters. The lowest BCUT2D eigenvalue weighted by atomic mass is 10.0. The van der Waals surface area contributed by atoms with E-state index in [-0.39, 0.29) is 24.0 Å². The van der Waals surface area contributed by atoms with Gasteiger partial charge in [-0.15, -0.1) is 24.0 Å². The van der Waals surface area contributed by atoms with Gasteiger partial charge in [-0.25, -0.2) is 0 Å². The second kappa shape index (κ2) is 9.05. The van der Waals surface area contributed by atoms with Gasteiger partial charge in [-0.05, 0) is 36.5 Å². The molecule has 0 saturated carbocycles. The minimum absolute atomic E-state index is 0. The van der Waals surface area contributed by atoms with Crippen LogP contribution in [0.15, 0.2) is 41.7 Å². The average molecular weight is 439 g/mol. The van der Waals surface area contributed by atoms with Gasteiger partial charge in [0.2, 0.25) is 0 Å². The molecule has 3 rings (SSSR count). The Balaban J connectivity index is 0.00000208.